The van der Waals surface area contributed by atoms with Gasteiger partial charge in [-0.1, -0.05) is 42.5 Å². The molecule has 0 spiro atoms. The van der Waals surface area contributed by atoms with E-state index in [0.29, 0.717) is 11.3 Å². The number of rotatable bonds is 5. The molecular weight excluding hydrogens is 374 g/mol. The molecule has 0 unspecified atom stereocenters. The Morgan fingerprint density at radius 3 is 2.60 bits per heavy atom. The van der Waals surface area contributed by atoms with E-state index in [0.717, 1.165) is 35.7 Å². The molecule has 0 atom stereocenters. The average Bonchev–Trinajstić information content (AvgIpc) is 2.77. The van der Waals surface area contributed by atoms with Crippen LogP contribution in [-0.4, -0.2) is 17.5 Å². The van der Waals surface area contributed by atoms with Crippen LogP contribution in [0.25, 0.3) is 10.8 Å². The molecule has 2 N–H and O–H groups in total. The zero-order chi connectivity index (χ0) is 20.9. The third-order valence-corrected chi connectivity index (χ3v) is 5.45. The van der Waals surface area contributed by atoms with Gasteiger partial charge in [-0.05, 0) is 72.7 Å². The third kappa shape index (κ3) is 4.57. The predicted molar refractivity (Wildman–Crippen MR) is 121 cm³/mol. The lowest BCUT2D eigenvalue weighted by Gasteiger charge is -2.19. The van der Waals surface area contributed by atoms with Gasteiger partial charge in [0.2, 0.25) is 5.91 Å². The molecule has 4 rings (SSSR count). The maximum atomic E-state index is 12.5. The van der Waals surface area contributed by atoms with E-state index >= 15 is 0 Å². The topological polar surface area (TPSA) is 70.6 Å². The van der Waals surface area contributed by atoms with Crippen LogP contribution in [0.4, 0.5) is 5.69 Å². The highest BCUT2D eigenvalue weighted by Gasteiger charge is 2.15. The predicted octanol–water partition coefficient (Wildman–Crippen LogP) is 4.85. The number of benzene rings is 3. The Morgan fingerprint density at radius 2 is 1.73 bits per heavy atom. The van der Waals surface area contributed by atoms with Crippen LogP contribution in [0.15, 0.2) is 65.8 Å². The van der Waals surface area contributed by atoms with Gasteiger partial charge >= 0.3 is 0 Å². The zero-order valence-electron chi connectivity index (χ0n) is 17.1. The molecule has 0 saturated heterocycles. The summed E-state index contributed by atoms with van der Waals surface area (Å²) in [4.78, 5) is 24.9. The molecule has 0 radical (unpaired) electrons. The van der Waals surface area contributed by atoms with E-state index in [2.05, 4.69) is 21.9 Å². The molecule has 0 aliphatic heterocycles. The van der Waals surface area contributed by atoms with E-state index in [9.17, 15) is 9.59 Å². The molecule has 0 fully saturated rings. The lowest BCUT2D eigenvalue weighted by Crippen LogP contribution is -2.22. The first-order valence-corrected chi connectivity index (χ1v) is 10.3. The Balaban J connectivity index is 1.36. The van der Waals surface area contributed by atoms with Crippen molar-refractivity contribution >= 4 is 34.0 Å². The maximum Gasteiger partial charge on any atom is 0.271 e. The lowest BCUT2D eigenvalue weighted by atomic mass is 9.90. The molecular formula is C25H25N3O2. The standard InChI is InChI=1S/C25H25N3O2/c1-17(15-24(29)26-23-12-6-10-19-8-4-5-11-22(19)23)27-28-25(30)21-14-13-18-7-2-3-9-20(18)16-21/h2-3,6-7,9-10,12-14,16H,4-5,8,11,15H2,1H3,(H,26,29)(H,28,30)/b27-17+. The SMILES string of the molecule is C/C(CC(=O)Nc1cccc2c1CCCC2)=N\NC(=O)c1ccc2ccccc2c1. The van der Waals surface area contributed by atoms with Gasteiger partial charge in [-0.3, -0.25) is 9.59 Å². The van der Waals surface area contributed by atoms with Crippen molar-refractivity contribution < 1.29 is 9.59 Å². The van der Waals surface area contributed by atoms with Crippen molar-refractivity contribution in [1.82, 2.24) is 5.43 Å². The molecule has 1 aliphatic carbocycles. The molecule has 1 aliphatic rings. The van der Waals surface area contributed by atoms with Gasteiger partial charge in [-0.2, -0.15) is 5.10 Å². The van der Waals surface area contributed by atoms with Crippen LogP contribution in [0.2, 0.25) is 0 Å². The monoisotopic (exact) mass is 399 g/mol. The third-order valence-electron chi connectivity index (χ3n) is 5.45. The normalized spacial score (nSPS) is 13.6. The van der Waals surface area contributed by atoms with E-state index in [1.54, 1.807) is 13.0 Å². The van der Waals surface area contributed by atoms with Gasteiger partial charge in [-0.15, -0.1) is 0 Å². The first-order chi connectivity index (χ1) is 14.6. The van der Waals surface area contributed by atoms with Crippen molar-refractivity contribution in [3.05, 3.63) is 77.4 Å². The second-order valence-corrected chi connectivity index (χ2v) is 7.73. The summed E-state index contributed by atoms with van der Waals surface area (Å²) in [6, 6.07) is 19.5. The largest absolute Gasteiger partial charge is 0.325 e. The second-order valence-electron chi connectivity index (χ2n) is 7.73. The number of nitrogens with zero attached hydrogens (tertiary/aromatic N) is 1. The van der Waals surface area contributed by atoms with Crippen LogP contribution in [0.1, 0.15) is 47.7 Å². The summed E-state index contributed by atoms with van der Waals surface area (Å²) in [5, 5.41) is 9.19. The van der Waals surface area contributed by atoms with Crippen molar-refractivity contribution in [3.8, 4) is 0 Å². The fraction of sp³-hybridized carbons (Fsp3) is 0.240. The minimum atomic E-state index is -0.294. The van der Waals surface area contributed by atoms with Crippen molar-refractivity contribution in [2.75, 3.05) is 5.32 Å². The molecule has 3 aromatic carbocycles. The van der Waals surface area contributed by atoms with E-state index in [-0.39, 0.29) is 18.2 Å². The number of aryl methyl sites for hydroxylation is 1. The van der Waals surface area contributed by atoms with E-state index in [1.807, 2.05) is 48.5 Å². The zero-order valence-corrected chi connectivity index (χ0v) is 17.1. The average molecular weight is 399 g/mol. The molecule has 152 valence electrons. The van der Waals surface area contributed by atoms with Crippen molar-refractivity contribution in [2.45, 2.75) is 39.0 Å². The number of hydrogen-bond acceptors (Lipinski definition) is 3. The van der Waals surface area contributed by atoms with Crippen LogP contribution >= 0.6 is 0 Å². The number of amides is 2. The summed E-state index contributed by atoms with van der Waals surface area (Å²) in [6.07, 6.45) is 4.55. The number of carbonyl (C=O) groups is 2. The maximum absolute atomic E-state index is 12.5. The molecule has 0 bridgehead atoms. The number of fused-ring (bicyclic) bond motifs is 2. The number of hydrazone groups is 1. The first kappa shape index (κ1) is 19.8. The van der Waals surface area contributed by atoms with Crippen molar-refractivity contribution in [3.63, 3.8) is 0 Å². The Hall–Kier alpha value is -3.47. The molecule has 30 heavy (non-hydrogen) atoms. The smallest absolute Gasteiger partial charge is 0.271 e. The minimum absolute atomic E-state index is 0.127. The molecule has 5 nitrogen and oxygen atoms in total. The van der Waals surface area contributed by atoms with Gasteiger partial charge in [0.1, 0.15) is 0 Å². The summed E-state index contributed by atoms with van der Waals surface area (Å²) in [7, 11) is 0. The van der Waals surface area contributed by atoms with E-state index < -0.39 is 0 Å². The molecule has 2 amide bonds. The van der Waals surface area contributed by atoms with Crippen molar-refractivity contribution in [1.29, 1.82) is 0 Å². The number of carbonyl (C=O) groups excluding carboxylic acids is 2. The molecule has 0 saturated carbocycles. The highest BCUT2D eigenvalue weighted by molar-refractivity contribution is 6.06. The highest BCUT2D eigenvalue weighted by atomic mass is 16.2. The second kappa shape index (κ2) is 8.91. The number of nitrogens with one attached hydrogen (secondary N) is 2. The van der Waals surface area contributed by atoms with Gasteiger partial charge in [0.05, 0.1) is 6.42 Å². The minimum Gasteiger partial charge on any atom is -0.325 e. The van der Waals surface area contributed by atoms with Gasteiger partial charge < -0.3 is 5.32 Å². The van der Waals surface area contributed by atoms with Crippen LogP contribution in [0, 0.1) is 0 Å². The first-order valence-electron chi connectivity index (χ1n) is 10.3. The Kier molecular flexibility index (Phi) is 5.89. The molecule has 0 heterocycles. The summed E-state index contributed by atoms with van der Waals surface area (Å²) in [5.74, 6) is -0.423. The number of hydrogen-bond donors (Lipinski definition) is 2. The van der Waals surface area contributed by atoms with Gasteiger partial charge in [0.25, 0.3) is 5.91 Å². The Bertz CT molecular complexity index is 1130. The molecule has 5 heteroatoms. The Morgan fingerprint density at radius 1 is 0.933 bits per heavy atom. The van der Waals surface area contributed by atoms with Gasteiger partial charge in [0.15, 0.2) is 0 Å². The summed E-state index contributed by atoms with van der Waals surface area (Å²) >= 11 is 0. The fourth-order valence-electron chi connectivity index (χ4n) is 3.91. The van der Waals surface area contributed by atoms with E-state index in [1.165, 1.54) is 17.5 Å². The van der Waals surface area contributed by atoms with E-state index in [4.69, 9.17) is 0 Å². The molecule has 3 aromatic rings. The Labute approximate surface area is 176 Å². The number of anilines is 1. The van der Waals surface area contributed by atoms with Crippen LogP contribution in [0.3, 0.4) is 0 Å². The van der Waals surface area contributed by atoms with Crippen LogP contribution in [-0.2, 0) is 17.6 Å². The quantitative estimate of drug-likeness (QED) is 0.475. The fourth-order valence-corrected chi connectivity index (χ4v) is 3.91. The van der Waals surface area contributed by atoms with Gasteiger partial charge in [0, 0.05) is 17.0 Å². The lowest BCUT2D eigenvalue weighted by molar-refractivity contribution is -0.115. The summed E-state index contributed by atoms with van der Waals surface area (Å²) in [5.41, 5.74) is 7.10. The van der Waals surface area contributed by atoms with Crippen LogP contribution < -0.4 is 10.7 Å². The summed E-state index contributed by atoms with van der Waals surface area (Å²) < 4.78 is 0. The molecule has 0 aromatic heterocycles. The summed E-state index contributed by atoms with van der Waals surface area (Å²) in [6.45, 7) is 1.74. The van der Waals surface area contributed by atoms with Crippen LogP contribution in [0.5, 0.6) is 0 Å². The highest BCUT2D eigenvalue weighted by Crippen LogP contribution is 2.27. The van der Waals surface area contributed by atoms with Crippen molar-refractivity contribution in [2.24, 2.45) is 5.10 Å². The van der Waals surface area contributed by atoms with Gasteiger partial charge in [-0.25, -0.2) is 5.43 Å².